The van der Waals surface area contributed by atoms with Crippen LogP contribution in [-0.4, -0.2) is 40.9 Å². The summed E-state index contributed by atoms with van der Waals surface area (Å²) in [6.45, 7) is 11.0. The molecule has 0 aliphatic heterocycles. The second kappa shape index (κ2) is 11.3. The van der Waals surface area contributed by atoms with E-state index in [1.165, 1.54) is 0 Å². The van der Waals surface area contributed by atoms with E-state index in [1.54, 1.807) is 0 Å². The molecule has 0 rings (SSSR count). The Labute approximate surface area is 118 Å². The van der Waals surface area contributed by atoms with Crippen molar-refractivity contribution in [3.05, 3.63) is 0 Å². The normalized spacial score (nSPS) is 11.4. The molecule has 19 heavy (non-hydrogen) atoms. The Morgan fingerprint density at radius 2 is 1.53 bits per heavy atom. The zero-order chi connectivity index (χ0) is 14.6. The van der Waals surface area contributed by atoms with Crippen LogP contribution in [0.15, 0.2) is 0 Å². The molecule has 0 aromatic rings. The molecular formula is C13H30N2O3Si. The van der Waals surface area contributed by atoms with E-state index in [1.807, 2.05) is 13.8 Å². The molecule has 0 spiro atoms. The van der Waals surface area contributed by atoms with Crippen LogP contribution in [0.2, 0.25) is 12.6 Å². The Morgan fingerprint density at radius 1 is 1.00 bits per heavy atom. The van der Waals surface area contributed by atoms with Gasteiger partial charge in [0, 0.05) is 26.3 Å². The van der Waals surface area contributed by atoms with Crippen molar-refractivity contribution in [2.24, 2.45) is 0 Å². The lowest BCUT2D eigenvalue weighted by atomic mass is 10.3. The van der Waals surface area contributed by atoms with Crippen LogP contribution in [0.1, 0.15) is 40.0 Å². The molecule has 114 valence electrons. The molecule has 0 aliphatic rings. The topological polar surface area (TPSA) is 59.6 Å². The monoisotopic (exact) mass is 290 g/mol. The minimum absolute atomic E-state index is 0.0790. The largest absolute Gasteiger partial charge is 0.395 e. The Hall–Kier alpha value is -0.593. The van der Waals surface area contributed by atoms with Crippen molar-refractivity contribution in [2.75, 3.05) is 26.3 Å². The van der Waals surface area contributed by atoms with Crippen molar-refractivity contribution in [1.82, 2.24) is 10.6 Å². The third-order valence-corrected chi connectivity index (χ3v) is 5.87. The number of carbonyl (C=O) groups is 1. The first kappa shape index (κ1) is 18.4. The number of rotatable bonds is 11. The average Bonchev–Trinajstić information content (AvgIpc) is 2.36. The van der Waals surface area contributed by atoms with Gasteiger partial charge < -0.3 is 19.5 Å². The summed E-state index contributed by atoms with van der Waals surface area (Å²) in [7, 11) is -2.02. The van der Waals surface area contributed by atoms with Gasteiger partial charge in [-0.3, -0.25) is 0 Å². The predicted octanol–water partition coefficient (Wildman–Crippen LogP) is 2.62. The Kier molecular flexibility index (Phi) is 10.9. The van der Waals surface area contributed by atoms with Gasteiger partial charge in [-0.2, -0.15) is 0 Å². The highest BCUT2D eigenvalue weighted by atomic mass is 28.4. The van der Waals surface area contributed by atoms with Gasteiger partial charge in [-0.15, -0.1) is 0 Å². The van der Waals surface area contributed by atoms with E-state index in [0.29, 0.717) is 19.8 Å². The first-order chi connectivity index (χ1) is 9.08. The van der Waals surface area contributed by atoms with Crippen LogP contribution < -0.4 is 10.6 Å². The molecule has 2 N–H and O–H groups in total. The smallest absolute Gasteiger partial charge is 0.334 e. The first-order valence-corrected chi connectivity index (χ1v) is 9.90. The molecule has 2 amide bonds. The molecule has 0 saturated heterocycles. The zero-order valence-electron chi connectivity index (χ0n) is 12.9. The van der Waals surface area contributed by atoms with Crippen LogP contribution in [0.25, 0.3) is 0 Å². The number of unbranched alkanes of at least 4 members (excludes halogenated alkanes) is 1. The second-order valence-electron chi connectivity index (χ2n) is 4.64. The van der Waals surface area contributed by atoms with Gasteiger partial charge in [-0.05, 0) is 39.3 Å². The van der Waals surface area contributed by atoms with E-state index < -0.39 is 8.56 Å². The number of hydrogen-bond acceptors (Lipinski definition) is 3. The number of nitrogens with one attached hydrogen (secondary N) is 2. The molecule has 0 aromatic heterocycles. The highest BCUT2D eigenvalue weighted by Gasteiger charge is 2.29. The number of urea groups is 1. The van der Waals surface area contributed by atoms with Crippen molar-refractivity contribution >= 4 is 14.6 Å². The molecular weight excluding hydrogens is 260 g/mol. The number of amides is 2. The number of hydrogen-bond donors (Lipinski definition) is 2. The van der Waals surface area contributed by atoms with Crippen LogP contribution in [0.4, 0.5) is 4.79 Å². The summed E-state index contributed by atoms with van der Waals surface area (Å²) in [5.74, 6) is 0. The molecule has 0 aromatic carbocycles. The quantitative estimate of drug-likeness (QED) is 0.454. The second-order valence-corrected chi connectivity index (χ2v) is 7.98. The minimum Gasteiger partial charge on any atom is -0.395 e. The lowest BCUT2D eigenvalue weighted by molar-refractivity contribution is 0.188. The summed E-state index contributed by atoms with van der Waals surface area (Å²) in [5, 5.41) is 5.69. The molecule has 0 heterocycles. The van der Waals surface area contributed by atoms with Crippen molar-refractivity contribution < 1.29 is 13.6 Å². The van der Waals surface area contributed by atoms with Gasteiger partial charge in [0.15, 0.2) is 0 Å². The van der Waals surface area contributed by atoms with Crippen molar-refractivity contribution in [1.29, 1.82) is 0 Å². The lowest BCUT2D eigenvalue weighted by Crippen LogP contribution is -2.40. The van der Waals surface area contributed by atoms with Gasteiger partial charge in [0.05, 0.1) is 0 Å². The van der Waals surface area contributed by atoms with Crippen LogP contribution in [0.3, 0.4) is 0 Å². The molecule has 0 saturated carbocycles. The Morgan fingerprint density at radius 3 is 2.00 bits per heavy atom. The van der Waals surface area contributed by atoms with Crippen molar-refractivity contribution in [3.63, 3.8) is 0 Å². The molecule has 0 fully saturated rings. The highest BCUT2D eigenvalue weighted by Crippen LogP contribution is 2.15. The van der Waals surface area contributed by atoms with E-state index in [2.05, 4.69) is 24.1 Å². The summed E-state index contributed by atoms with van der Waals surface area (Å²) < 4.78 is 11.5. The number of carbonyl (C=O) groups excluding carboxylic acids is 1. The van der Waals surface area contributed by atoms with Crippen molar-refractivity contribution in [2.45, 2.75) is 52.6 Å². The maximum Gasteiger partial charge on any atom is 0.334 e. The van der Waals surface area contributed by atoms with Gasteiger partial charge in [0.25, 0.3) is 0 Å². The van der Waals surface area contributed by atoms with E-state index >= 15 is 0 Å². The van der Waals surface area contributed by atoms with Gasteiger partial charge in [-0.1, -0.05) is 13.3 Å². The van der Waals surface area contributed by atoms with Gasteiger partial charge in [0.1, 0.15) is 0 Å². The molecule has 5 nitrogen and oxygen atoms in total. The average molecular weight is 290 g/mol. The van der Waals surface area contributed by atoms with Crippen LogP contribution in [0.5, 0.6) is 0 Å². The Balaban J connectivity index is 3.72. The standard InChI is InChI=1S/C13H30N2O3Si/c1-5-8-10-14-13(16)15-11-9-12-19(4,17-6-2)18-7-3/h5-12H2,1-4H3,(H2,14,15,16). The van der Waals surface area contributed by atoms with E-state index in [9.17, 15) is 4.79 Å². The van der Waals surface area contributed by atoms with Crippen LogP contribution >= 0.6 is 0 Å². The third-order valence-electron chi connectivity index (χ3n) is 2.81. The lowest BCUT2D eigenvalue weighted by Gasteiger charge is -2.25. The fourth-order valence-electron chi connectivity index (χ4n) is 1.85. The molecule has 0 aliphatic carbocycles. The van der Waals surface area contributed by atoms with Crippen LogP contribution in [0, 0.1) is 0 Å². The minimum atomic E-state index is -2.02. The maximum atomic E-state index is 11.4. The van der Waals surface area contributed by atoms with E-state index in [-0.39, 0.29) is 6.03 Å². The molecule has 0 bridgehead atoms. The summed E-state index contributed by atoms with van der Waals surface area (Å²) in [6, 6.07) is 0.828. The van der Waals surface area contributed by atoms with E-state index in [4.69, 9.17) is 8.85 Å². The fraction of sp³-hybridized carbons (Fsp3) is 0.923. The SMILES string of the molecule is CCCCNC(=O)NCCC[Si](C)(OCC)OCC. The fourth-order valence-corrected chi connectivity index (χ4v) is 4.26. The summed E-state index contributed by atoms with van der Waals surface area (Å²) in [6.07, 6.45) is 3.00. The van der Waals surface area contributed by atoms with Crippen molar-refractivity contribution in [3.8, 4) is 0 Å². The summed E-state index contributed by atoms with van der Waals surface area (Å²) in [5.41, 5.74) is 0. The van der Waals surface area contributed by atoms with Gasteiger partial charge in [0.2, 0.25) is 0 Å². The summed E-state index contributed by atoms with van der Waals surface area (Å²) in [4.78, 5) is 11.4. The van der Waals surface area contributed by atoms with E-state index in [0.717, 1.165) is 31.9 Å². The highest BCUT2D eigenvalue weighted by molar-refractivity contribution is 6.66. The maximum absolute atomic E-state index is 11.4. The van der Waals surface area contributed by atoms with Crippen LogP contribution in [-0.2, 0) is 8.85 Å². The summed E-state index contributed by atoms with van der Waals surface area (Å²) >= 11 is 0. The Bertz CT molecular complexity index is 234. The zero-order valence-corrected chi connectivity index (χ0v) is 13.9. The third kappa shape index (κ3) is 9.92. The molecule has 0 radical (unpaired) electrons. The molecule has 6 heteroatoms. The molecule has 0 atom stereocenters. The first-order valence-electron chi connectivity index (χ1n) is 7.37. The van der Waals surface area contributed by atoms with Gasteiger partial charge >= 0.3 is 14.6 Å². The molecule has 0 unspecified atom stereocenters. The predicted molar refractivity (Wildman–Crippen MR) is 80.6 cm³/mol. The van der Waals surface area contributed by atoms with Gasteiger partial charge in [-0.25, -0.2) is 4.79 Å².